The zero-order valence-corrected chi connectivity index (χ0v) is 23.2. The Hall–Kier alpha value is -4.47. The molecule has 0 spiro atoms. The lowest BCUT2D eigenvalue weighted by atomic mass is 9.87. The molecule has 0 fully saturated rings. The summed E-state index contributed by atoms with van der Waals surface area (Å²) in [4.78, 5) is 40.9. The molecule has 1 heterocycles. The van der Waals surface area contributed by atoms with Gasteiger partial charge in [-0.2, -0.15) is 0 Å². The standard InChI is InChI=1S/C30H36N2O8/c1-5-38-24-13-8-19(16-25(24)39-6-2)14-15-31-26(33)17-22(20-9-11-21(37-4)12-10-20)27-28(34)23(18-32-29(27)35)30(36)40-7-3/h8-13,16,18,22H,5-7,14-15,17H2,1-4H3,(H,31,33)(H2,32,34,35)/t22-/m0/s1. The van der Waals surface area contributed by atoms with Gasteiger partial charge in [-0.25, -0.2) is 4.79 Å². The third kappa shape index (κ3) is 7.56. The number of methoxy groups -OCH3 is 1. The van der Waals surface area contributed by atoms with Gasteiger partial charge >= 0.3 is 5.97 Å². The van der Waals surface area contributed by atoms with Gasteiger partial charge in [0.2, 0.25) is 5.91 Å². The van der Waals surface area contributed by atoms with Crippen molar-refractivity contribution in [1.82, 2.24) is 10.3 Å². The van der Waals surface area contributed by atoms with E-state index in [1.165, 1.54) is 7.11 Å². The van der Waals surface area contributed by atoms with E-state index in [1.807, 2.05) is 32.0 Å². The van der Waals surface area contributed by atoms with Crippen molar-refractivity contribution in [2.75, 3.05) is 33.5 Å². The molecule has 0 aliphatic rings. The fourth-order valence-electron chi connectivity index (χ4n) is 4.30. The molecule has 40 heavy (non-hydrogen) atoms. The van der Waals surface area contributed by atoms with Crippen molar-refractivity contribution in [3.05, 3.63) is 81.3 Å². The monoisotopic (exact) mass is 552 g/mol. The number of carbonyl (C=O) groups excluding carboxylic acids is 2. The Kier molecular flexibility index (Phi) is 11.0. The molecule has 0 aliphatic heterocycles. The summed E-state index contributed by atoms with van der Waals surface area (Å²) in [6.07, 6.45) is 1.50. The molecule has 0 saturated heterocycles. The van der Waals surface area contributed by atoms with E-state index in [4.69, 9.17) is 18.9 Å². The Labute approximate surface area is 233 Å². The Morgan fingerprint density at radius 2 is 1.68 bits per heavy atom. The smallest absolute Gasteiger partial charge is 0.343 e. The first kappa shape index (κ1) is 30.1. The van der Waals surface area contributed by atoms with Gasteiger partial charge in [-0.15, -0.1) is 0 Å². The van der Waals surface area contributed by atoms with Crippen LogP contribution in [0.1, 0.15) is 60.2 Å². The van der Waals surface area contributed by atoms with Gasteiger partial charge in [0.15, 0.2) is 11.5 Å². The number of nitrogens with one attached hydrogen (secondary N) is 2. The van der Waals surface area contributed by atoms with Crippen molar-refractivity contribution >= 4 is 11.9 Å². The summed E-state index contributed by atoms with van der Waals surface area (Å²) < 4.78 is 21.5. The van der Waals surface area contributed by atoms with E-state index in [2.05, 4.69) is 10.3 Å². The molecule has 0 bridgehead atoms. The lowest BCUT2D eigenvalue weighted by Gasteiger charge is -2.19. The van der Waals surface area contributed by atoms with E-state index in [9.17, 15) is 19.5 Å². The molecule has 3 aromatic rings. The topological polar surface area (TPSA) is 136 Å². The number of benzene rings is 2. The summed E-state index contributed by atoms with van der Waals surface area (Å²) in [5.41, 5.74) is 0.646. The van der Waals surface area contributed by atoms with Gasteiger partial charge in [-0.1, -0.05) is 18.2 Å². The van der Waals surface area contributed by atoms with Crippen LogP contribution in [0.4, 0.5) is 0 Å². The molecule has 10 heteroatoms. The number of ether oxygens (including phenoxy) is 4. The van der Waals surface area contributed by atoms with Crippen molar-refractivity contribution in [1.29, 1.82) is 0 Å². The Balaban J connectivity index is 1.82. The molecule has 214 valence electrons. The van der Waals surface area contributed by atoms with Crippen LogP contribution >= 0.6 is 0 Å². The van der Waals surface area contributed by atoms with E-state index in [1.54, 1.807) is 31.2 Å². The maximum Gasteiger partial charge on any atom is 0.343 e. The first-order valence-corrected chi connectivity index (χ1v) is 13.2. The van der Waals surface area contributed by atoms with Crippen LogP contribution in [0.5, 0.6) is 23.0 Å². The minimum Gasteiger partial charge on any atom is -0.506 e. The predicted octanol–water partition coefficient (Wildman–Crippen LogP) is 3.94. The SMILES string of the molecule is CCOC(=O)c1c[nH]c(=O)c([C@@H](CC(=O)NCCc2ccc(OCC)c(OCC)c2)c2ccc(OC)cc2)c1O. The van der Waals surface area contributed by atoms with E-state index in [-0.39, 0.29) is 30.1 Å². The molecule has 2 aromatic carbocycles. The van der Waals surface area contributed by atoms with Crippen LogP contribution in [0.3, 0.4) is 0 Å². The number of aromatic nitrogens is 1. The molecule has 1 atom stereocenters. The molecule has 10 nitrogen and oxygen atoms in total. The van der Waals surface area contributed by atoms with E-state index >= 15 is 0 Å². The minimum atomic E-state index is -0.848. The van der Waals surface area contributed by atoms with Gasteiger partial charge in [0.25, 0.3) is 5.56 Å². The van der Waals surface area contributed by atoms with Crippen LogP contribution in [0, 0.1) is 0 Å². The van der Waals surface area contributed by atoms with Crippen molar-refractivity contribution < 1.29 is 33.6 Å². The van der Waals surface area contributed by atoms with Crippen LogP contribution in [0.15, 0.2) is 53.5 Å². The number of H-pyrrole nitrogens is 1. The molecule has 0 unspecified atom stereocenters. The molecular weight excluding hydrogens is 516 g/mol. The largest absolute Gasteiger partial charge is 0.506 e. The number of pyridine rings is 1. The minimum absolute atomic E-state index is 0.0947. The van der Waals surface area contributed by atoms with Crippen LogP contribution < -0.4 is 25.1 Å². The number of amides is 1. The van der Waals surface area contributed by atoms with Crippen LogP contribution in [-0.4, -0.2) is 55.4 Å². The number of aromatic amines is 1. The van der Waals surface area contributed by atoms with Crippen molar-refractivity contribution in [3.8, 4) is 23.0 Å². The maximum absolute atomic E-state index is 13.1. The number of esters is 1. The first-order valence-electron chi connectivity index (χ1n) is 13.2. The summed E-state index contributed by atoms with van der Waals surface area (Å²) in [7, 11) is 1.53. The third-order valence-corrected chi connectivity index (χ3v) is 6.20. The molecule has 1 aromatic heterocycles. The molecule has 0 radical (unpaired) electrons. The molecule has 0 aliphatic carbocycles. The summed E-state index contributed by atoms with van der Waals surface area (Å²) in [5, 5.41) is 13.9. The predicted molar refractivity (Wildman–Crippen MR) is 150 cm³/mol. The highest BCUT2D eigenvalue weighted by atomic mass is 16.5. The van der Waals surface area contributed by atoms with Crippen molar-refractivity contribution in [2.24, 2.45) is 0 Å². The Bertz CT molecular complexity index is 1350. The molecule has 1 amide bonds. The van der Waals surface area contributed by atoms with Crippen LogP contribution in [0.25, 0.3) is 0 Å². The highest BCUT2D eigenvalue weighted by molar-refractivity contribution is 5.92. The number of rotatable bonds is 14. The number of aromatic hydroxyl groups is 1. The average molecular weight is 553 g/mol. The average Bonchev–Trinajstić information content (AvgIpc) is 2.94. The molecule has 0 saturated carbocycles. The van der Waals surface area contributed by atoms with Gasteiger partial charge in [-0.05, 0) is 62.6 Å². The van der Waals surface area contributed by atoms with Crippen LogP contribution in [-0.2, 0) is 16.0 Å². The highest BCUT2D eigenvalue weighted by Gasteiger charge is 2.28. The van der Waals surface area contributed by atoms with E-state index < -0.39 is 23.2 Å². The second-order valence-corrected chi connectivity index (χ2v) is 8.79. The number of hydrogen-bond donors (Lipinski definition) is 3. The van der Waals surface area contributed by atoms with Crippen LogP contribution in [0.2, 0.25) is 0 Å². The maximum atomic E-state index is 13.1. The number of hydrogen-bond acceptors (Lipinski definition) is 8. The second-order valence-electron chi connectivity index (χ2n) is 8.79. The lowest BCUT2D eigenvalue weighted by molar-refractivity contribution is -0.121. The van der Waals surface area contributed by atoms with Gasteiger partial charge in [0, 0.05) is 25.1 Å². The van der Waals surface area contributed by atoms with Gasteiger partial charge in [-0.3, -0.25) is 9.59 Å². The zero-order chi connectivity index (χ0) is 29.1. The quantitative estimate of drug-likeness (QED) is 0.256. The fourth-order valence-corrected chi connectivity index (χ4v) is 4.30. The van der Waals surface area contributed by atoms with Gasteiger partial charge in [0.05, 0.1) is 32.5 Å². The van der Waals surface area contributed by atoms with Crippen molar-refractivity contribution in [3.63, 3.8) is 0 Å². The third-order valence-electron chi connectivity index (χ3n) is 6.20. The highest BCUT2D eigenvalue weighted by Crippen LogP contribution is 2.34. The summed E-state index contributed by atoms with van der Waals surface area (Å²) >= 11 is 0. The van der Waals surface area contributed by atoms with E-state index in [0.717, 1.165) is 11.8 Å². The normalized spacial score (nSPS) is 11.4. The lowest BCUT2D eigenvalue weighted by Crippen LogP contribution is -2.29. The second kappa shape index (κ2) is 14.6. The summed E-state index contributed by atoms with van der Waals surface area (Å²) in [5.74, 6) is -0.590. The van der Waals surface area contributed by atoms with Crippen molar-refractivity contribution in [2.45, 2.75) is 39.5 Å². The summed E-state index contributed by atoms with van der Waals surface area (Å²) in [6, 6.07) is 12.5. The van der Waals surface area contributed by atoms with Gasteiger partial charge in [0.1, 0.15) is 17.1 Å². The van der Waals surface area contributed by atoms with Gasteiger partial charge < -0.3 is 34.4 Å². The summed E-state index contributed by atoms with van der Waals surface area (Å²) in [6.45, 7) is 6.88. The molecular formula is C30H36N2O8. The first-order chi connectivity index (χ1) is 19.3. The number of carbonyl (C=O) groups is 2. The van der Waals surface area contributed by atoms with E-state index in [0.29, 0.717) is 49.0 Å². The molecule has 3 rings (SSSR count). The Morgan fingerprint density at radius 1 is 0.975 bits per heavy atom. The molecule has 3 N–H and O–H groups in total. The Morgan fingerprint density at radius 3 is 2.33 bits per heavy atom. The fraction of sp³-hybridized carbons (Fsp3) is 0.367. The zero-order valence-electron chi connectivity index (χ0n) is 23.2.